The van der Waals surface area contributed by atoms with Crippen LogP contribution in [0, 0.1) is 6.92 Å². The van der Waals surface area contributed by atoms with E-state index in [4.69, 9.17) is 9.57 Å². The van der Waals surface area contributed by atoms with Crippen molar-refractivity contribution in [2.24, 2.45) is 5.16 Å². The summed E-state index contributed by atoms with van der Waals surface area (Å²) in [6, 6.07) is 17.8. The molecule has 2 aliphatic heterocycles. The monoisotopic (exact) mass is 485 g/mol. The molecular weight excluding hydrogens is 454 g/mol. The quantitative estimate of drug-likeness (QED) is 0.527. The third kappa shape index (κ3) is 5.48. The van der Waals surface area contributed by atoms with Crippen LogP contribution < -0.4 is 15.0 Å². The minimum absolute atomic E-state index is 0.168. The molecule has 1 unspecified atom stereocenters. The van der Waals surface area contributed by atoms with E-state index in [0.29, 0.717) is 30.2 Å². The lowest BCUT2D eigenvalue weighted by molar-refractivity contribution is 0.0857. The Labute approximate surface area is 211 Å². The van der Waals surface area contributed by atoms with Crippen molar-refractivity contribution in [2.75, 3.05) is 25.1 Å². The Bertz CT molecular complexity index is 1240. The number of rotatable bonds is 7. The van der Waals surface area contributed by atoms with E-state index in [2.05, 4.69) is 49.6 Å². The number of aryl methyl sites for hydroxylation is 1. The van der Waals surface area contributed by atoms with Crippen molar-refractivity contribution >= 4 is 17.3 Å². The minimum Gasteiger partial charge on any atom is -0.497 e. The van der Waals surface area contributed by atoms with Crippen LogP contribution in [-0.2, 0) is 11.4 Å². The normalized spacial score (nSPS) is 17.3. The number of methoxy groups -OCH3 is 1. The number of benzene rings is 2. The topological polar surface area (TPSA) is 88.9 Å². The number of oxime groups is 1. The van der Waals surface area contributed by atoms with Crippen molar-refractivity contribution in [3.8, 4) is 5.75 Å². The summed E-state index contributed by atoms with van der Waals surface area (Å²) in [5.41, 5.74) is 4.95. The van der Waals surface area contributed by atoms with Crippen LogP contribution in [0.1, 0.15) is 64.9 Å². The lowest BCUT2D eigenvalue weighted by atomic mass is 10.0. The van der Waals surface area contributed by atoms with Gasteiger partial charge in [0.2, 0.25) is 0 Å². The summed E-state index contributed by atoms with van der Waals surface area (Å²) in [5.74, 6) is 1.03. The number of nitrogens with one attached hydrogen (secondary N) is 1. The van der Waals surface area contributed by atoms with Gasteiger partial charge in [0, 0.05) is 31.7 Å². The van der Waals surface area contributed by atoms with Gasteiger partial charge in [0.15, 0.2) is 6.10 Å². The molecule has 3 aromatic rings. The van der Waals surface area contributed by atoms with E-state index >= 15 is 0 Å². The number of ether oxygens (including phenoxy) is 1. The van der Waals surface area contributed by atoms with E-state index in [0.717, 1.165) is 35.7 Å². The predicted octanol–water partition coefficient (Wildman–Crippen LogP) is 4.58. The van der Waals surface area contributed by atoms with Gasteiger partial charge in [0.1, 0.15) is 23.0 Å². The first-order chi connectivity index (χ1) is 17.6. The molecule has 3 heterocycles. The number of nitrogens with zero attached hydrogens (tertiary/aromatic N) is 4. The van der Waals surface area contributed by atoms with Crippen molar-refractivity contribution in [3.63, 3.8) is 0 Å². The van der Waals surface area contributed by atoms with Crippen LogP contribution in [0.3, 0.4) is 0 Å². The lowest BCUT2D eigenvalue weighted by Crippen LogP contribution is -2.29. The molecule has 5 rings (SSSR count). The van der Waals surface area contributed by atoms with Crippen LogP contribution in [0.2, 0.25) is 0 Å². The molecule has 1 amide bonds. The summed E-state index contributed by atoms with van der Waals surface area (Å²) in [6.07, 6.45) is 4.25. The van der Waals surface area contributed by atoms with Gasteiger partial charge in [-0.15, -0.1) is 0 Å². The zero-order valence-corrected chi connectivity index (χ0v) is 20.7. The standard InChI is InChI=1S/C28H31N5O3/c1-19-30-24(16-26(31-19)28(34)29-18-20-6-12-23(35-2)13-7-20)25-17-27(36-32-25)21-8-10-22(11-9-21)33-14-4-3-5-15-33/h6-13,16,27H,3-5,14-15,17-18H2,1-2H3,(H,29,34). The summed E-state index contributed by atoms with van der Waals surface area (Å²) < 4.78 is 5.18. The summed E-state index contributed by atoms with van der Waals surface area (Å²) in [7, 11) is 1.62. The Kier molecular flexibility index (Phi) is 7.11. The lowest BCUT2D eigenvalue weighted by Gasteiger charge is -2.29. The van der Waals surface area contributed by atoms with Crippen molar-refractivity contribution < 1.29 is 14.4 Å². The second-order valence-electron chi connectivity index (χ2n) is 9.19. The zero-order valence-electron chi connectivity index (χ0n) is 20.7. The van der Waals surface area contributed by atoms with Crippen LogP contribution in [0.25, 0.3) is 0 Å². The van der Waals surface area contributed by atoms with Crippen LogP contribution in [0.4, 0.5) is 5.69 Å². The number of carbonyl (C=O) groups is 1. The molecular formula is C28H31N5O3. The molecule has 0 bridgehead atoms. The zero-order chi connectivity index (χ0) is 24.9. The Morgan fingerprint density at radius 1 is 1.06 bits per heavy atom. The highest BCUT2D eigenvalue weighted by molar-refractivity contribution is 6.02. The van der Waals surface area contributed by atoms with Gasteiger partial charge in [0.25, 0.3) is 5.91 Å². The van der Waals surface area contributed by atoms with E-state index in [1.54, 1.807) is 20.1 Å². The molecule has 1 fully saturated rings. The van der Waals surface area contributed by atoms with E-state index in [9.17, 15) is 4.79 Å². The van der Waals surface area contributed by atoms with Gasteiger partial charge in [-0.1, -0.05) is 29.4 Å². The molecule has 2 aromatic carbocycles. The van der Waals surface area contributed by atoms with E-state index in [-0.39, 0.29) is 12.0 Å². The Morgan fingerprint density at radius 2 is 1.81 bits per heavy atom. The SMILES string of the molecule is COc1ccc(CNC(=O)c2cc(C3=NOC(c4ccc(N5CCCCC5)cc4)C3)nc(C)n2)cc1. The van der Waals surface area contributed by atoms with Gasteiger partial charge >= 0.3 is 0 Å². The Hall–Kier alpha value is -3.94. The van der Waals surface area contributed by atoms with Crippen molar-refractivity contribution in [1.82, 2.24) is 15.3 Å². The van der Waals surface area contributed by atoms with Gasteiger partial charge in [-0.05, 0) is 67.6 Å². The smallest absolute Gasteiger partial charge is 0.270 e. The summed E-state index contributed by atoms with van der Waals surface area (Å²) in [6.45, 7) is 4.41. The number of anilines is 1. The number of amides is 1. The highest BCUT2D eigenvalue weighted by Crippen LogP contribution is 2.31. The summed E-state index contributed by atoms with van der Waals surface area (Å²) >= 11 is 0. The van der Waals surface area contributed by atoms with E-state index < -0.39 is 0 Å². The van der Waals surface area contributed by atoms with Crippen LogP contribution in [0.15, 0.2) is 59.8 Å². The molecule has 0 spiro atoms. The number of hydrogen-bond acceptors (Lipinski definition) is 7. The fraction of sp³-hybridized carbons (Fsp3) is 0.357. The molecule has 1 aromatic heterocycles. The molecule has 0 radical (unpaired) electrons. The first-order valence-electron chi connectivity index (χ1n) is 12.4. The number of hydrogen-bond donors (Lipinski definition) is 1. The van der Waals surface area contributed by atoms with Crippen LogP contribution in [0.5, 0.6) is 5.75 Å². The maximum atomic E-state index is 12.8. The fourth-order valence-corrected chi connectivity index (χ4v) is 4.61. The maximum Gasteiger partial charge on any atom is 0.270 e. The van der Waals surface area contributed by atoms with E-state index in [1.807, 2.05) is 24.3 Å². The average Bonchev–Trinajstić information content (AvgIpc) is 3.43. The maximum absolute atomic E-state index is 12.8. The molecule has 8 heteroatoms. The van der Waals surface area contributed by atoms with Crippen LogP contribution in [-0.4, -0.2) is 41.8 Å². The summed E-state index contributed by atoms with van der Waals surface area (Å²) in [4.78, 5) is 29.9. The third-order valence-electron chi connectivity index (χ3n) is 6.63. The molecule has 0 aliphatic carbocycles. The highest BCUT2D eigenvalue weighted by atomic mass is 16.6. The largest absolute Gasteiger partial charge is 0.497 e. The molecule has 1 saturated heterocycles. The number of piperidine rings is 1. The van der Waals surface area contributed by atoms with Gasteiger partial charge in [-0.25, -0.2) is 9.97 Å². The molecule has 8 nitrogen and oxygen atoms in total. The Morgan fingerprint density at radius 3 is 2.53 bits per heavy atom. The molecule has 0 saturated carbocycles. The third-order valence-corrected chi connectivity index (χ3v) is 6.63. The van der Waals surface area contributed by atoms with Gasteiger partial charge < -0.3 is 19.8 Å². The average molecular weight is 486 g/mol. The van der Waals surface area contributed by atoms with Gasteiger partial charge in [-0.2, -0.15) is 0 Å². The second-order valence-corrected chi connectivity index (χ2v) is 9.19. The minimum atomic E-state index is -0.262. The molecule has 36 heavy (non-hydrogen) atoms. The van der Waals surface area contributed by atoms with Crippen LogP contribution >= 0.6 is 0 Å². The number of carbonyl (C=O) groups excluding carboxylic acids is 1. The predicted molar refractivity (Wildman–Crippen MR) is 138 cm³/mol. The fourth-order valence-electron chi connectivity index (χ4n) is 4.61. The van der Waals surface area contributed by atoms with Gasteiger partial charge in [-0.3, -0.25) is 4.79 Å². The molecule has 1 atom stereocenters. The summed E-state index contributed by atoms with van der Waals surface area (Å²) in [5, 5.41) is 7.22. The first-order valence-corrected chi connectivity index (χ1v) is 12.4. The molecule has 2 aliphatic rings. The van der Waals surface area contributed by atoms with Crippen molar-refractivity contribution in [1.29, 1.82) is 0 Å². The molecule has 186 valence electrons. The second kappa shape index (κ2) is 10.8. The Balaban J connectivity index is 1.22. The van der Waals surface area contributed by atoms with Crippen molar-refractivity contribution in [3.05, 3.63) is 82.9 Å². The van der Waals surface area contributed by atoms with E-state index in [1.165, 1.54) is 24.9 Å². The first kappa shape index (κ1) is 23.8. The molecule has 1 N–H and O–H groups in total. The highest BCUT2D eigenvalue weighted by Gasteiger charge is 2.26. The number of aromatic nitrogens is 2. The van der Waals surface area contributed by atoms with Gasteiger partial charge in [0.05, 0.1) is 12.8 Å². The van der Waals surface area contributed by atoms with Crippen molar-refractivity contribution in [2.45, 2.75) is 45.3 Å².